The van der Waals surface area contributed by atoms with Crippen molar-refractivity contribution in [3.63, 3.8) is 0 Å². The highest BCUT2D eigenvalue weighted by Gasteiger charge is 2.17. The van der Waals surface area contributed by atoms with Gasteiger partial charge in [0.1, 0.15) is 11.2 Å². The van der Waals surface area contributed by atoms with Gasteiger partial charge in [-0.25, -0.2) is 4.98 Å². The van der Waals surface area contributed by atoms with Crippen molar-refractivity contribution in [3.8, 4) is 0 Å². The van der Waals surface area contributed by atoms with Crippen LogP contribution in [0.3, 0.4) is 0 Å². The van der Waals surface area contributed by atoms with E-state index in [1.54, 1.807) is 0 Å². The molecule has 1 rings (SSSR count). The van der Waals surface area contributed by atoms with Gasteiger partial charge in [0.25, 0.3) is 0 Å². The van der Waals surface area contributed by atoms with E-state index in [1.165, 1.54) is 12.3 Å². The minimum absolute atomic E-state index is 0.200. The van der Waals surface area contributed by atoms with E-state index in [0.29, 0.717) is 0 Å². The van der Waals surface area contributed by atoms with Crippen molar-refractivity contribution in [1.29, 1.82) is 0 Å². The molecule has 1 aromatic rings. The number of pyridine rings is 1. The molecular formula is C7H6Cl2N2O2. The number of aromatic nitrogens is 1. The number of carbonyl (C=O) groups is 1. The number of nitrogens with zero attached hydrogens (tertiary/aromatic N) is 1. The second-order valence-corrected chi connectivity index (χ2v) is 3.14. The van der Waals surface area contributed by atoms with E-state index in [2.05, 4.69) is 4.98 Å². The van der Waals surface area contributed by atoms with E-state index in [1.807, 2.05) is 0 Å². The fourth-order valence-electron chi connectivity index (χ4n) is 0.780. The van der Waals surface area contributed by atoms with Gasteiger partial charge in [0, 0.05) is 11.8 Å². The van der Waals surface area contributed by atoms with Crippen molar-refractivity contribution < 1.29 is 9.90 Å². The maximum atomic E-state index is 10.5. The van der Waals surface area contributed by atoms with Crippen molar-refractivity contribution >= 4 is 29.2 Å². The smallest absolute Gasteiger partial charge is 0.325 e. The minimum atomic E-state index is -1.17. The molecule has 4 nitrogen and oxygen atoms in total. The van der Waals surface area contributed by atoms with E-state index >= 15 is 0 Å². The predicted octanol–water partition coefficient (Wildman–Crippen LogP) is 1.47. The third-order valence-electron chi connectivity index (χ3n) is 1.45. The van der Waals surface area contributed by atoms with Gasteiger partial charge in [-0.3, -0.25) is 4.79 Å². The summed E-state index contributed by atoms with van der Waals surface area (Å²) in [6.45, 7) is 0. The van der Waals surface area contributed by atoms with Crippen molar-refractivity contribution in [2.45, 2.75) is 6.04 Å². The number of aliphatic carboxylic acids is 1. The van der Waals surface area contributed by atoms with Crippen LogP contribution in [0.15, 0.2) is 12.3 Å². The molecule has 0 unspecified atom stereocenters. The second-order valence-electron chi connectivity index (χ2n) is 2.34. The molecular weight excluding hydrogens is 215 g/mol. The molecule has 0 bridgehead atoms. The molecule has 0 aliphatic heterocycles. The average molecular weight is 221 g/mol. The molecule has 0 aliphatic rings. The van der Waals surface area contributed by atoms with Gasteiger partial charge in [-0.05, 0) is 6.07 Å². The topological polar surface area (TPSA) is 76.2 Å². The van der Waals surface area contributed by atoms with E-state index < -0.39 is 12.0 Å². The Morgan fingerprint density at radius 1 is 1.62 bits per heavy atom. The third kappa shape index (κ3) is 2.30. The van der Waals surface area contributed by atoms with Crippen LogP contribution in [0.2, 0.25) is 10.2 Å². The molecule has 6 heteroatoms. The first-order valence-electron chi connectivity index (χ1n) is 3.31. The summed E-state index contributed by atoms with van der Waals surface area (Å²) in [6, 6.07) is 0.179. The van der Waals surface area contributed by atoms with E-state index in [9.17, 15) is 4.79 Å². The number of carboxylic acids is 1. The van der Waals surface area contributed by atoms with Gasteiger partial charge >= 0.3 is 5.97 Å². The van der Waals surface area contributed by atoms with Crippen LogP contribution in [0.4, 0.5) is 0 Å². The van der Waals surface area contributed by atoms with Crippen LogP contribution in [0.5, 0.6) is 0 Å². The largest absolute Gasteiger partial charge is 0.480 e. The SMILES string of the molecule is N[C@H](C(=O)O)c1cnc(Cl)cc1Cl. The molecule has 1 heterocycles. The Morgan fingerprint density at radius 3 is 2.69 bits per heavy atom. The molecule has 0 saturated carbocycles. The van der Waals surface area contributed by atoms with Crippen LogP contribution >= 0.6 is 23.2 Å². The van der Waals surface area contributed by atoms with Crippen LogP contribution < -0.4 is 5.73 Å². The lowest BCUT2D eigenvalue weighted by Gasteiger charge is -2.07. The summed E-state index contributed by atoms with van der Waals surface area (Å²) in [5.74, 6) is -1.16. The Bertz CT molecular complexity index is 343. The highest BCUT2D eigenvalue weighted by Crippen LogP contribution is 2.23. The summed E-state index contributed by atoms with van der Waals surface area (Å²) >= 11 is 11.2. The Kier molecular flexibility index (Phi) is 3.08. The standard InChI is InChI=1S/C7H6Cl2N2O2/c8-4-1-5(9)11-2-3(4)6(10)7(12)13/h1-2,6H,10H2,(H,12,13)/t6-/m0/s1. The maximum absolute atomic E-state index is 10.5. The summed E-state index contributed by atoms with van der Waals surface area (Å²) in [5, 5.41) is 8.99. The molecule has 0 amide bonds. The zero-order valence-electron chi connectivity index (χ0n) is 6.37. The number of nitrogens with two attached hydrogens (primary N) is 1. The quantitative estimate of drug-likeness (QED) is 0.741. The first kappa shape index (κ1) is 10.2. The lowest BCUT2D eigenvalue weighted by Crippen LogP contribution is -2.21. The number of rotatable bonds is 2. The molecule has 0 fully saturated rings. The molecule has 0 aromatic carbocycles. The van der Waals surface area contributed by atoms with Crippen LogP contribution in [-0.2, 0) is 4.79 Å². The zero-order valence-corrected chi connectivity index (χ0v) is 7.88. The molecule has 0 spiro atoms. The normalized spacial score (nSPS) is 12.5. The Labute approximate surface area is 84.3 Å². The molecule has 0 saturated heterocycles. The van der Waals surface area contributed by atoms with Crippen molar-refractivity contribution in [1.82, 2.24) is 4.98 Å². The monoisotopic (exact) mass is 220 g/mol. The Morgan fingerprint density at radius 2 is 2.23 bits per heavy atom. The molecule has 1 aromatic heterocycles. The lowest BCUT2D eigenvalue weighted by atomic mass is 10.1. The van der Waals surface area contributed by atoms with E-state index in [4.69, 9.17) is 34.0 Å². The van der Waals surface area contributed by atoms with Gasteiger partial charge in [0.05, 0.1) is 5.02 Å². The molecule has 0 radical (unpaired) electrons. The third-order valence-corrected chi connectivity index (χ3v) is 1.98. The van der Waals surface area contributed by atoms with Crippen LogP contribution in [0.1, 0.15) is 11.6 Å². The number of hydrogen-bond donors (Lipinski definition) is 2. The highest BCUT2D eigenvalue weighted by molar-refractivity contribution is 6.34. The fourth-order valence-corrected chi connectivity index (χ4v) is 1.26. The van der Waals surface area contributed by atoms with Gasteiger partial charge in [-0.15, -0.1) is 0 Å². The van der Waals surface area contributed by atoms with Crippen LogP contribution in [0, 0.1) is 0 Å². The summed E-state index contributed by atoms with van der Waals surface area (Å²) in [7, 11) is 0. The first-order chi connectivity index (χ1) is 6.02. The Hall–Kier alpha value is -0.840. The number of halogens is 2. The lowest BCUT2D eigenvalue weighted by molar-refractivity contribution is -0.138. The van der Waals surface area contributed by atoms with Gasteiger partial charge in [0.2, 0.25) is 0 Å². The van der Waals surface area contributed by atoms with Crippen molar-refractivity contribution in [3.05, 3.63) is 28.0 Å². The predicted molar refractivity (Wildman–Crippen MR) is 48.8 cm³/mol. The molecule has 1 atom stereocenters. The average Bonchev–Trinajstić information content (AvgIpc) is 2.03. The molecule has 13 heavy (non-hydrogen) atoms. The second kappa shape index (κ2) is 3.91. The minimum Gasteiger partial charge on any atom is -0.480 e. The van der Waals surface area contributed by atoms with Gasteiger partial charge < -0.3 is 10.8 Å². The highest BCUT2D eigenvalue weighted by atomic mass is 35.5. The van der Waals surface area contributed by atoms with Crippen molar-refractivity contribution in [2.24, 2.45) is 5.73 Å². The summed E-state index contributed by atoms with van der Waals surface area (Å²) in [6.07, 6.45) is 1.25. The molecule has 70 valence electrons. The zero-order chi connectivity index (χ0) is 10.0. The molecule has 0 aliphatic carbocycles. The van der Waals surface area contributed by atoms with Crippen LogP contribution in [-0.4, -0.2) is 16.1 Å². The summed E-state index contributed by atoms with van der Waals surface area (Å²) < 4.78 is 0. The summed E-state index contributed by atoms with van der Waals surface area (Å²) in [5.41, 5.74) is 5.57. The van der Waals surface area contributed by atoms with E-state index in [-0.39, 0.29) is 15.7 Å². The summed E-state index contributed by atoms with van der Waals surface area (Å²) in [4.78, 5) is 14.2. The van der Waals surface area contributed by atoms with Crippen molar-refractivity contribution in [2.75, 3.05) is 0 Å². The number of hydrogen-bond acceptors (Lipinski definition) is 3. The fraction of sp³-hybridized carbons (Fsp3) is 0.143. The Balaban J connectivity index is 3.08. The van der Waals surface area contributed by atoms with Gasteiger partial charge in [-0.2, -0.15) is 0 Å². The molecule has 3 N–H and O–H groups in total. The van der Waals surface area contributed by atoms with Gasteiger partial charge in [0.15, 0.2) is 0 Å². The number of carboxylic acid groups (broad SMARTS) is 1. The van der Waals surface area contributed by atoms with Crippen LogP contribution in [0.25, 0.3) is 0 Å². The van der Waals surface area contributed by atoms with Gasteiger partial charge in [-0.1, -0.05) is 23.2 Å². The van der Waals surface area contributed by atoms with E-state index in [0.717, 1.165) is 0 Å². The maximum Gasteiger partial charge on any atom is 0.325 e. The first-order valence-corrected chi connectivity index (χ1v) is 4.07.